The van der Waals surface area contributed by atoms with Crippen molar-refractivity contribution in [2.75, 3.05) is 53.0 Å². The minimum absolute atomic E-state index is 0. The van der Waals surface area contributed by atoms with Crippen LogP contribution < -0.4 is 10.6 Å². The maximum absolute atomic E-state index is 6.02. The third-order valence-electron chi connectivity index (χ3n) is 5.78. The number of halogens is 1. The van der Waals surface area contributed by atoms with Crippen molar-refractivity contribution in [3.63, 3.8) is 0 Å². The van der Waals surface area contributed by atoms with Crippen LogP contribution in [0.1, 0.15) is 54.3 Å². The normalized spacial score (nSPS) is 19.9. The number of thiophene rings is 1. The molecule has 6 nitrogen and oxygen atoms in total. The molecule has 1 unspecified atom stereocenters. The first kappa shape index (κ1) is 25.8. The summed E-state index contributed by atoms with van der Waals surface area (Å²) >= 11 is 1.89. The van der Waals surface area contributed by atoms with Crippen LogP contribution in [0.2, 0.25) is 0 Å². The molecule has 1 saturated carbocycles. The van der Waals surface area contributed by atoms with E-state index in [4.69, 9.17) is 9.47 Å². The standard InChI is InChI=1S/C22H38N4O2S.HI/c1-18-9-10-21(29-18)20(26-12-15-27-16-13-26)17-25-22(23-2)24-11-6-14-28-19-7-4-3-5-8-19;/h9-10,19-20H,3-8,11-17H2,1-2H3,(H2,23,24,25);1H. The van der Waals surface area contributed by atoms with Crippen LogP contribution in [0, 0.1) is 6.92 Å². The molecule has 30 heavy (non-hydrogen) atoms. The maximum atomic E-state index is 6.02. The Morgan fingerprint density at radius 1 is 1.23 bits per heavy atom. The van der Waals surface area contributed by atoms with E-state index in [9.17, 15) is 0 Å². The average molecular weight is 551 g/mol. The van der Waals surface area contributed by atoms with Crippen LogP contribution in [0.4, 0.5) is 0 Å². The first-order valence-corrected chi connectivity index (χ1v) is 12.0. The predicted octanol–water partition coefficient (Wildman–Crippen LogP) is 3.95. The van der Waals surface area contributed by atoms with Crippen molar-refractivity contribution in [3.05, 3.63) is 21.9 Å². The Labute approximate surface area is 203 Å². The summed E-state index contributed by atoms with van der Waals surface area (Å²) in [6.07, 6.45) is 8.00. The van der Waals surface area contributed by atoms with E-state index in [1.54, 1.807) is 0 Å². The Balaban J connectivity index is 0.00000320. The molecule has 0 radical (unpaired) electrons. The van der Waals surface area contributed by atoms with E-state index < -0.39 is 0 Å². The Hall–Kier alpha value is -0.420. The predicted molar refractivity (Wildman–Crippen MR) is 136 cm³/mol. The molecule has 2 aliphatic rings. The summed E-state index contributed by atoms with van der Waals surface area (Å²) in [6.45, 7) is 8.32. The van der Waals surface area contributed by atoms with Crippen LogP contribution in [0.25, 0.3) is 0 Å². The fourth-order valence-corrected chi connectivity index (χ4v) is 5.12. The molecule has 8 heteroatoms. The van der Waals surface area contributed by atoms with Crippen LogP contribution in [0.5, 0.6) is 0 Å². The molecule has 0 amide bonds. The third kappa shape index (κ3) is 8.61. The molecule has 1 aromatic heterocycles. The molecule has 1 aliphatic carbocycles. The first-order valence-electron chi connectivity index (χ1n) is 11.2. The fraction of sp³-hybridized carbons (Fsp3) is 0.773. The summed E-state index contributed by atoms with van der Waals surface area (Å²) in [6, 6.07) is 4.83. The lowest BCUT2D eigenvalue weighted by Crippen LogP contribution is -2.46. The highest BCUT2D eigenvalue weighted by molar-refractivity contribution is 14.0. The first-order chi connectivity index (χ1) is 14.3. The van der Waals surface area contributed by atoms with Crippen LogP contribution in [-0.4, -0.2) is 70.0 Å². The lowest BCUT2D eigenvalue weighted by Gasteiger charge is -2.34. The van der Waals surface area contributed by atoms with Crippen molar-refractivity contribution in [1.82, 2.24) is 15.5 Å². The number of aryl methyl sites for hydroxylation is 1. The number of nitrogens with one attached hydrogen (secondary N) is 2. The van der Waals surface area contributed by atoms with Crippen molar-refractivity contribution < 1.29 is 9.47 Å². The Bertz CT molecular complexity index is 616. The number of hydrogen-bond donors (Lipinski definition) is 2. The van der Waals surface area contributed by atoms with Gasteiger partial charge in [0.1, 0.15) is 0 Å². The molecule has 2 N–H and O–H groups in total. The highest BCUT2D eigenvalue weighted by Gasteiger charge is 2.24. The molecule has 2 heterocycles. The van der Waals surface area contributed by atoms with E-state index in [1.165, 1.54) is 41.9 Å². The van der Waals surface area contributed by atoms with Crippen LogP contribution in [0.15, 0.2) is 17.1 Å². The second-order valence-corrected chi connectivity index (χ2v) is 9.30. The van der Waals surface area contributed by atoms with Gasteiger partial charge in [-0.1, -0.05) is 19.3 Å². The lowest BCUT2D eigenvalue weighted by molar-refractivity contribution is 0.0177. The zero-order valence-electron chi connectivity index (χ0n) is 18.5. The molecule has 172 valence electrons. The highest BCUT2D eigenvalue weighted by atomic mass is 127. The van der Waals surface area contributed by atoms with Gasteiger partial charge in [-0.15, -0.1) is 35.3 Å². The van der Waals surface area contributed by atoms with Gasteiger partial charge in [0.2, 0.25) is 0 Å². The molecule has 1 aromatic rings. The molecule has 1 aliphatic heterocycles. The summed E-state index contributed by atoms with van der Waals surface area (Å²) < 4.78 is 11.6. The number of rotatable bonds is 9. The number of guanidine groups is 1. The lowest BCUT2D eigenvalue weighted by atomic mass is 9.98. The summed E-state index contributed by atoms with van der Waals surface area (Å²) in [5.41, 5.74) is 0. The molecular weight excluding hydrogens is 511 g/mol. The minimum Gasteiger partial charge on any atom is -0.379 e. The number of aliphatic imine (C=N–C) groups is 1. The molecule has 2 fully saturated rings. The van der Waals surface area contributed by atoms with E-state index in [0.717, 1.165) is 58.4 Å². The van der Waals surface area contributed by atoms with Crippen molar-refractivity contribution in [3.8, 4) is 0 Å². The van der Waals surface area contributed by atoms with Crippen molar-refractivity contribution in [2.45, 2.75) is 57.6 Å². The van der Waals surface area contributed by atoms with E-state index in [1.807, 2.05) is 18.4 Å². The summed E-state index contributed by atoms with van der Waals surface area (Å²) in [5, 5.41) is 6.98. The quantitative estimate of drug-likeness (QED) is 0.211. The Morgan fingerprint density at radius 3 is 2.67 bits per heavy atom. The van der Waals surface area contributed by atoms with Gasteiger partial charge in [0.15, 0.2) is 5.96 Å². The summed E-state index contributed by atoms with van der Waals surface area (Å²) in [7, 11) is 1.84. The molecule has 0 spiro atoms. The zero-order chi connectivity index (χ0) is 20.3. The largest absolute Gasteiger partial charge is 0.379 e. The highest BCUT2D eigenvalue weighted by Crippen LogP contribution is 2.27. The van der Waals surface area contributed by atoms with Gasteiger partial charge in [-0.2, -0.15) is 0 Å². The number of ether oxygens (including phenoxy) is 2. The second-order valence-electron chi connectivity index (χ2n) is 7.98. The van der Waals surface area contributed by atoms with Crippen molar-refractivity contribution in [1.29, 1.82) is 0 Å². The van der Waals surface area contributed by atoms with E-state index in [2.05, 4.69) is 39.6 Å². The smallest absolute Gasteiger partial charge is 0.191 e. The third-order valence-corrected chi connectivity index (χ3v) is 6.88. The molecule has 1 saturated heterocycles. The van der Waals surface area contributed by atoms with Crippen LogP contribution >= 0.6 is 35.3 Å². The minimum atomic E-state index is 0. The summed E-state index contributed by atoms with van der Waals surface area (Å²) in [4.78, 5) is 9.70. The Morgan fingerprint density at radius 2 is 2.00 bits per heavy atom. The molecule has 0 aromatic carbocycles. The zero-order valence-corrected chi connectivity index (χ0v) is 21.7. The molecule has 3 rings (SSSR count). The monoisotopic (exact) mass is 550 g/mol. The molecule has 0 bridgehead atoms. The molecular formula is C22H39IN4O2S. The number of morpholine rings is 1. The Kier molecular flexibility index (Phi) is 12.6. The second kappa shape index (κ2) is 14.6. The van der Waals surface area contributed by atoms with Crippen molar-refractivity contribution >= 4 is 41.3 Å². The summed E-state index contributed by atoms with van der Waals surface area (Å²) in [5.74, 6) is 0.870. The van der Waals surface area contributed by atoms with E-state index in [0.29, 0.717) is 12.1 Å². The van der Waals surface area contributed by atoms with Gasteiger partial charge >= 0.3 is 0 Å². The van der Waals surface area contributed by atoms with Gasteiger partial charge in [0.05, 0.1) is 25.4 Å². The number of nitrogens with zero attached hydrogens (tertiary/aromatic N) is 2. The van der Waals surface area contributed by atoms with Gasteiger partial charge in [-0.25, -0.2) is 0 Å². The topological polar surface area (TPSA) is 58.1 Å². The fourth-order valence-electron chi connectivity index (χ4n) is 4.11. The van der Waals surface area contributed by atoms with Crippen LogP contribution in [0.3, 0.4) is 0 Å². The van der Waals surface area contributed by atoms with Gasteiger partial charge in [-0.05, 0) is 38.3 Å². The average Bonchev–Trinajstić information content (AvgIpc) is 3.19. The van der Waals surface area contributed by atoms with Gasteiger partial charge < -0.3 is 20.1 Å². The van der Waals surface area contributed by atoms with E-state index >= 15 is 0 Å². The SMILES string of the molecule is CN=C(NCCCOC1CCCCC1)NCC(c1ccc(C)s1)N1CCOCC1.I. The van der Waals surface area contributed by atoms with Gasteiger partial charge in [0, 0.05) is 49.6 Å². The van der Waals surface area contributed by atoms with Gasteiger partial charge in [0.25, 0.3) is 0 Å². The number of hydrogen-bond acceptors (Lipinski definition) is 5. The van der Waals surface area contributed by atoms with Gasteiger partial charge in [-0.3, -0.25) is 9.89 Å². The van der Waals surface area contributed by atoms with E-state index in [-0.39, 0.29) is 24.0 Å². The molecule has 1 atom stereocenters. The van der Waals surface area contributed by atoms with Crippen molar-refractivity contribution in [2.24, 2.45) is 4.99 Å². The van der Waals surface area contributed by atoms with Crippen LogP contribution in [-0.2, 0) is 9.47 Å². The maximum Gasteiger partial charge on any atom is 0.191 e.